The maximum Gasteiger partial charge on any atom is 0.135 e. The van der Waals surface area contributed by atoms with Gasteiger partial charge in [-0.1, -0.05) is 0 Å². The van der Waals surface area contributed by atoms with E-state index in [4.69, 9.17) is 15.9 Å². The Hall–Kier alpha value is -1.42. The van der Waals surface area contributed by atoms with Crippen LogP contribution in [0.2, 0.25) is 0 Å². The van der Waals surface area contributed by atoms with Gasteiger partial charge in [-0.2, -0.15) is 0 Å². The molecule has 0 saturated heterocycles. The SMILES string of the molecule is COc1ccc(C(=N)CN)c(F)c1. The van der Waals surface area contributed by atoms with Crippen LogP contribution in [-0.2, 0) is 0 Å². The number of hydrogen-bond acceptors (Lipinski definition) is 3. The third-order valence-corrected chi connectivity index (χ3v) is 1.71. The smallest absolute Gasteiger partial charge is 0.135 e. The summed E-state index contributed by atoms with van der Waals surface area (Å²) in [6, 6.07) is 4.32. The van der Waals surface area contributed by atoms with Crippen LogP contribution in [0.4, 0.5) is 4.39 Å². The average Bonchev–Trinajstić information content (AvgIpc) is 2.16. The first-order chi connectivity index (χ1) is 6.19. The predicted octanol–water partition coefficient (Wildman–Crippen LogP) is 1.16. The molecule has 0 saturated carbocycles. The van der Waals surface area contributed by atoms with Gasteiger partial charge >= 0.3 is 0 Å². The molecule has 70 valence electrons. The summed E-state index contributed by atoms with van der Waals surface area (Å²) in [7, 11) is 1.46. The lowest BCUT2D eigenvalue weighted by molar-refractivity contribution is 0.411. The molecule has 0 unspecified atom stereocenters. The average molecular weight is 182 g/mol. The number of hydrogen-bond donors (Lipinski definition) is 2. The Morgan fingerprint density at radius 2 is 2.31 bits per heavy atom. The summed E-state index contributed by atoms with van der Waals surface area (Å²) in [6.07, 6.45) is 0. The summed E-state index contributed by atoms with van der Waals surface area (Å²) in [6.45, 7) is 0.0310. The molecular formula is C9H11FN2O. The van der Waals surface area contributed by atoms with Crippen molar-refractivity contribution in [3.63, 3.8) is 0 Å². The van der Waals surface area contributed by atoms with Crippen LogP contribution in [0.5, 0.6) is 5.75 Å². The van der Waals surface area contributed by atoms with Gasteiger partial charge in [0.2, 0.25) is 0 Å². The third-order valence-electron chi connectivity index (χ3n) is 1.71. The molecule has 4 heteroatoms. The Bertz CT molecular complexity index is 325. The minimum Gasteiger partial charge on any atom is -0.497 e. The second-order valence-electron chi connectivity index (χ2n) is 2.53. The zero-order chi connectivity index (χ0) is 9.84. The van der Waals surface area contributed by atoms with Crippen LogP contribution in [0.1, 0.15) is 5.56 Å². The molecule has 3 nitrogen and oxygen atoms in total. The highest BCUT2D eigenvalue weighted by molar-refractivity contribution is 5.99. The lowest BCUT2D eigenvalue weighted by atomic mass is 10.1. The van der Waals surface area contributed by atoms with Gasteiger partial charge in [0.05, 0.1) is 12.8 Å². The Morgan fingerprint density at radius 1 is 1.62 bits per heavy atom. The number of benzene rings is 1. The second kappa shape index (κ2) is 4.00. The highest BCUT2D eigenvalue weighted by Crippen LogP contribution is 2.16. The van der Waals surface area contributed by atoms with Crippen molar-refractivity contribution < 1.29 is 9.13 Å². The van der Waals surface area contributed by atoms with E-state index < -0.39 is 5.82 Å². The van der Waals surface area contributed by atoms with Gasteiger partial charge in [-0.05, 0) is 12.1 Å². The largest absolute Gasteiger partial charge is 0.497 e. The van der Waals surface area contributed by atoms with Gasteiger partial charge in [0, 0.05) is 18.2 Å². The number of nitrogens with two attached hydrogens (primary N) is 1. The van der Waals surface area contributed by atoms with Gasteiger partial charge in [0.25, 0.3) is 0 Å². The molecule has 1 rings (SSSR count). The molecule has 0 spiro atoms. The molecule has 0 bridgehead atoms. The summed E-state index contributed by atoms with van der Waals surface area (Å²) < 4.78 is 18.0. The zero-order valence-electron chi connectivity index (χ0n) is 7.30. The monoisotopic (exact) mass is 182 g/mol. The van der Waals surface area contributed by atoms with Crippen molar-refractivity contribution in [1.29, 1.82) is 5.41 Å². The van der Waals surface area contributed by atoms with E-state index >= 15 is 0 Å². The Balaban J connectivity index is 3.05. The van der Waals surface area contributed by atoms with E-state index in [1.807, 2.05) is 0 Å². The standard InChI is InChI=1S/C9H11FN2O/c1-13-6-2-3-7(8(10)4-6)9(12)5-11/h2-4,12H,5,11H2,1H3. The topological polar surface area (TPSA) is 59.1 Å². The van der Waals surface area contributed by atoms with Crippen molar-refractivity contribution in [2.24, 2.45) is 5.73 Å². The van der Waals surface area contributed by atoms with Crippen LogP contribution in [0.15, 0.2) is 18.2 Å². The summed E-state index contributed by atoms with van der Waals surface area (Å²) in [5.41, 5.74) is 5.53. The molecule has 1 aromatic carbocycles. The molecule has 3 N–H and O–H groups in total. The molecule has 0 amide bonds. The molecule has 0 fully saturated rings. The van der Waals surface area contributed by atoms with Crippen LogP contribution < -0.4 is 10.5 Å². The quantitative estimate of drug-likeness (QED) is 0.689. The van der Waals surface area contributed by atoms with Crippen molar-refractivity contribution in [3.8, 4) is 5.75 Å². The van der Waals surface area contributed by atoms with E-state index in [2.05, 4.69) is 0 Å². The van der Waals surface area contributed by atoms with E-state index in [-0.39, 0.29) is 17.8 Å². The van der Waals surface area contributed by atoms with E-state index in [9.17, 15) is 4.39 Å². The summed E-state index contributed by atoms with van der Waals surface area (Å²) in [4.78, 5) is 0. The molecular weight excluding hydrogens is 171 g/mol. The van der Waals surface area contributed by atoms with Gasteiger partial charge in [-0.15, -0.1) is 0 Å². The minimum absolute atomic E-state index is 0.0310. The predicted molar refractivity (Wildman–Crippen MR) is 48.8 cm³/mol. The second-order valence-corrected chi connectivity index (χ2v) is 2.53. The first-order valence-corrected chi connectivity index (χ1v) is 3.80. The molecule has 0 aromatic heterocycles. The highest BCUT2D eigenvalue weighted by atomic mass is 19.1. The fourth-order valence-electron chi connectivity index (χ4n) is 0.977. The molecule has 0 radical (unpaired) electrons. The van der Waals surface area contributed by atoms with Gasteiger partial charge in [0.15, 0.2) is 0 Å². The van der Waals surface area contributed by atoms with Crippen LogP contribution in [0, 0.1) is 11.2 Å². The normalized spacial score (nSPS) is 9.77. The van der Waals surface area contributed by atoms with Crippen LogP contribution in [0.25, 0.3) is 0 Å². The maximum atomic E-state index is 13.2. The number of halogens is 1. The van der Waals surface area contributed by atoms with E-state index in [1.165, 1.54) is 19.2 Å². The van der Waals surface area contributed by atoms with Crippen LogP contribution >= 0.6 is 0 Å². The first kappa shape index (κ1) is 9.67. The number of rotatable bonds is 3. The van der Waals surface area contributed by atoms with Crippen molar-refractivity contribution in [2.45, 2.75) is 0 Å². The highest BCUT2D eigenvalue weighted by Gasteiger charge is 2.07. The van der Waals surface area contributed by atoms with Crippen molar-refractivity contribution in [3.05, 3.63) is 29.6 Å². The lowest BCUT2D eigenvalue weighted by Gasteiger charge is -2.04. The molecule has 0 aliphatic rings. The van der Waals surface area contributed by atoms with E-state index in [1.54, 1.807) is 6.07 Å². The van der Waals surface area contributed by atoms with E-state index in [0.29, 0.717) is 5.75 Å². The van der Waals surface area contributed by atoms with Crippen LogP contribution in [0.3, 0.4) is 0 Å². The van der Waals surface area contributed by atoms with Gasteiger partial charge in [-0.25, -0.2) is 4.39 Å². The fourth-order valence-corrected chi connectivity index (χ4v) is 0.977. The number of ether oxygens (including phenoxy) is 1. The maximum absolute atomic E-state index is 13.2. The molecule has 0 aliphatic heterocycles. The molecule has 0 atom stereocenters. The fraction of sp³-hybridized carbons (Fsp3) is 0.222. The summed E-state index contributed by atoms with van der Waals surface area (Å²) in [5.74, 6) is -0.0409. The van der Waals surface area contributed by atoms with Gasteiger partial charge in [0.1, 0.15) is 11.6 Å². The van der Waals surface area contributed by atoms with Gasteiger partial charge < -0.3 is 15.9 Å². The molecule has 0 heterocycles. The van der Waals surface area contributed by atoms with Gasteiger partial charge in [-0.3, -0.25) is 0 Å². The molecule has 0 aliphatic carbocycles. The van der Waals surface area contributed by atoms with Crippen molar-refractivity contribution in [1.82, 2.24) is 0 Å². The zero-order valence-corrected chi connectivity index (χ0v) is 7.30. The minimum atomic E-state index is -0.477. The Kier molecular flexibility index (Phi) is 2.97. The van der Waals surface area contributed by atoms with E-state index in [0.717, 1.165) is 0 Å². The lowest BCUT2D eigenvalue weighted by Crippen LogP contribution is -2.15. The molecule has 1 aromatic rings. The van der Waals surface area contributed by atoms with Crippen LogP contribution in [-0.4, -0.2) is 19.4 Å². The summed E-state index contributed by atoms with van der Waals surface area (Å²) in [5, 5.41) is 7.34. The molecule has 13 heavy (non-hydrogen) atoms. The summed E-state index contributed by atoms with van der Waals surface area (Å²) >= 11 is 0. The number of nitrogens with one attached hydrogen (secondary N) is 1. The van der Waals surface area contributed by atoms with Crippen molar-refractivity contribution in [2.75, 3.05) is 13.7 Å². The third kappa shape index (κ3) is 2.03. The Morgan fingerprint density at radius 3 is 2.77 bits per heavy atom. The first-order valence-electron chi connectivity index (χ1n) is 3.80. The number of methoxy groups -OCH3 is 1. The van der Waals surface area contributed by atoms with Crippen molar-refractivity contribution >= 4 is 5.71 Å². The Labute approximate surface area is 75.8 Å².